The number of hydrogen-bond donors (Lipinski definition) is 1. The zero-order valence-corrected chi connectivity index (χ0v) is 29.5. The van der Waals surface area contributed by atoms with Gasteiger partial charge in [-0.3, -0.25) is 9.59 Å². The molecular weight excluding hydrogens is 593 g/mol. The first-order valence-electron chi connectivity index (χ1n) is 16.0. The van der Waals surface area contributed by atoms with Crippen LogP contribution in [0.25, 0.3) is 34.1 Å². The summed E-state index contributed by atoms with van der Waals surface area (Å²) in [6.45, 7) is 12.6. The normalized spacial score (nSPS) is 28.7. The van der Waals surface area contributed by atoms with Crippen molar-refractivity contribution in [3.8, 4) is 0 Å². The van der Waals surface area contributed by atoms with E-state index in [-0.39, 0.29) is 65.0 Å². The zero-order valence-electron chi connectivity index (χ0n) is 28.1. The monoisotopic (exact) mass is 634 g/mol. The molecule has 240 valence electrons. The van der Waals surface area contributed by atoms with Crippen LogP contribution in [0.1, 0.15) is 69.3 Å². The average molecular weight is 635 g/mol. The summed E-state index contributed by atoms with van der Waals surface area (Å²) in [5.41, 5.74) is 7.37. The van der Waals surface area contributed by atoms with Crippen molar-refractivity contribution in [3.05, 3.63) is 77.3 Å². The van der Waals surface area contributed by atoms with E-state index in [2.05, 4.69) is 46.8 Å². The van der Waals surface area contributed by atoms with Crippen molar-refractivity contribution < 1.29 is 24.2 Å². The topological polar surface area (TPSA) is 129 Å². The fourth-order valence-electron chi connectivity index (χ4n) is 7.89. The second-order valence-electron chi connectivity index (χ2n) is 12.7. The number of rotatable bonds is 6. The van der Waals surface area contributed by atoms with Crippen LogP contribution in [0, 0.1) is 37.5 Å². The van der Waals surface area contributed by atoms with Crippen LogP contribution in [0.15, 0.2) is 23.0 Å². The van der Waals surface area contributed by atoms with Gasteiger partial charge in [-0.05, 0) is 51.4 Å². The maximum Gasteiger partial charge on any atom is 2.00 e. The van der Waals surface area contributed by atoms with Gasteiger partial charge < -0.3 is 35.2 Å². The van der Waals surface area contributed by atoms with Gasteiger partial charge in [-0.25, -0.2) is 0 Å². The molecule has 1 aliphatic carbocycles. The third-order valence-corrected chi connectivity index (χ3v) is 10.5. The Morgan fingerprint density at radius 2 is 1.72 bits per heavy atom. The molecule has 2 aromatic heterocycles. The number of allylic oxidation sites excluding steroid dienone is 2. The van der Waals surface area contributed by atoms with Crippen LogP contribution in [0.2, 0.25) is 0 Å². The number of aromatic nitrogens is 2. The molecule has 6 atom stereocenters. The van der Waals surface area contributed by atoms with Crippen molar-refractivity contribution in [3.63, 3.8) is 0 Å². The average Bonchev–Trinajstić information content (AvgIpc) is 3.76. The molecule has 9 nitrogen and oxygen atoms in total. The molecule has 8 bridgehead atoms. The van der Waals surface area contributed by atoms with Crippen molar-refractivity contribution in [1.29, 1.82) is 0 Å². The smallest absolute Gasteiger partial charge is 0.681 e. The third-order valence-electron chi connectivity index (χ3n) is 10.5. The summed E-state index contributed by atoms with van der Waals surface area (Å²) in [6.07, 6.45) is 8.73. The first kappa shape index (κ1) is 34.0. The van der Waals surface area contributed by atoms with Gasteiger partial charge in [0.1, 0.15) is 11.7 Å². The molecule has 0 aromatic carbocycles. The number of carbonyl (C=O) groups is 2. The van der Waals surface area contributed by atoms with E-state index in [1.54, 1.807) is 0 Å². The summed E-state index contributed by atoms with van der Waals surface area (Å²) in [5, 5.41) is 25.0. The van der Waals surface area contributed by atoms with Crippen LogP contribution in [0.5, 0.6) is 0 Å². The number of hydrogen-bond acceptors (Lipinski definition) is 5. The van der Waals surface area contributed by atoms with Crippen molar-refractivity contribution in [2.75, 3.05) is 14.2 Å². The third kappa shape index (κ3) is 5.31. The Kier molecular flexibility index (Phi) is 9.62. The summed E-state index contributed by atoms with van der Waals surface area (Å²) >= 11 is 0. The molecule has 2 aromatic rings. The van der Waals surface area contributed by atoms with Crippen LogP contribution >= 0.6 is 0 Å². The molecule has 5 heterocycles. The minimum Gasteiger partial charge on any atom is -0.681 e. The second kappa shape index (κ2) is 13.0. The van der Waals surface area contributed by atoms with Gasteiger partial charge in [0.2, 0.25) is 0 Å². The van der Waals surface area contributed by atoms with Crippen LogP contribution in [0.3, 0.4) is 0 Å². The van der Waals surface area contributed by atoms with E-state index in [1.165, 1.54) is 19.8 Å². The molecule has 2 unspecified atom stereocenters. The fourth-order valence-corrected chi connectivity index (χ4v) is 7.89. The van der Waals surface area contributed by atoms with E-state index in [0.717, 1.165) is 51.6 Å². The Hall–Kier alpha value is -3.37. The summed E-state index contributed by atoms with van der Waals surface area (Å²) in [7, 11) is 2.71. The molecule has 1 fully saturated rings. The maximum atomic E-state index is 13.3. The van der Waals surface area contributed by atoms with Crippen molar-refractivity contribution >= 4 is 58.5 Å². The van der Waals surface area contributed by atoms with Gasteiger partial charge in [0.15, 0.2) is 0 Å². The zero-order chi connectivity index (χ0) is 32.3. The number of fused-ring (bicyclic) bond motifs is 8. The van der Waals surface area contributed by atoms with Crippen molar-refractivity contribution in [2.45, 2.75) is 79.3 Å². The van der Waals surface area contributed by atoms with E-state index in [4.69, 9.17) is 30.1 Å². The minimum absolute atomic E-state index is 0. The van der Waals surface area contributed by atoms with Gasteiger partial charge in [-0.1, -0.05) is 79.3 Å². The molecule has 1 saturated heterocycles. The molecule has 0 radical (unpaired) electrons. The van der Waals surface area contributed by atoms with E-state index in [0.29, 0.717) is 28.3 Å². The Bertz CT molecular complexity index is 1900. The predicted molar refractivity (Wildman–Crippen MR) is 178 cm³/mol. The van der Waals surface area contributed by atoms with Gasteiger partial charge in [-0.15, -0.1) is 33.5 Å². The van der Waals surface area contributed by atoms with Gasteiger partial charge in [0.25, 0.3) is 0 Å². The van der Waals surface area contributed by atoms with Crippen LogP contribution < -0.4 is 31.2 Å². The molecule has 1 N–H and O–H groups in total. The second-order valence-corrected chi connectivity index (χ2v) is 12.7. The van der Waals surface area contributed by atoms with E-state index in [9.17, 15) is 14.7 Å². The van der Waals surface area contributed by atoms with Crippen LogP contribution in [-0.2, 0) is 25.5 Å². The Labute approximate surface area is 286 Å². The first-order chi connectivity index (χ1) is 21.5. The standard InChI is InChI=1S/C36H42N4O5.Mg/c1-9-20-16(3)23-13-25-18(5)22(11-12-29(41)44-7)33(39-25)31-32(36(43)45-8)35(42)30-19(6)26(40-34(30)31)15-28-21(10-2)17(4)24(38-28)14-27(20)37-23;/h13-15,18,20,22,27,32-33,42H,9-12H2,1-8H3;/q-4;+2/b24-14-,25-13-,28-15-;/t18-,20+,22-,27?,32+,33?;/m0./s1. The minimum atomic E-state index is -1.03. The quantitative estimate of drug-likeness (QED) is 0.382. The molecule has 10 heteroatoms. The molecule has 6 rings (SSSR count). The Morgan fingerprint density at radius 3 is 2.37 bits per heavy atom. The van der Waals surface area contributed by atoms with Crippen LogP contribution in [0.4, 0.5) is 0 Å². The molecule has 46 heavy (non-hydrogen) atoms. The number of aliphatic hydroxyl groups is 1. The summed E-state index contributed by atoms with van der Waals surface area (Å²) in [5.74, 6) is -1.92. The molecular formula is C36H42MgN4O5-2. The Balaban J connectivity index is 0.00000417. The van der Waals surface area contributed by atoms with Gasteiger partial charge in [0.05, 0.1) is 14.2 Å². The number of carbonyl (C=O) groups excluding carboxylic acids is 2. The molecule has 0 spiro atoms. The summed E-state index contributed by atoms with van der Waals surface area (Å²) < 4.78 is 10.2. The SMILES string of the molecule is CCc1c(C)/c2[n-]/c1=C\c1[n-]c3c(c1C)=C(O)[C@H](C(=O)OC)C=3C1[N-]/C(=C\C3=C(C)[C@@H](CC)C(\C=2)[N-]3)[C@@H](C)[C@@H]1CCC(=O)OC.[Mg+2]. The maximum absolute atomic E-state index is 13.3. The summed E-state index contributed by atoms with van der Waals surface area (Å²) in [4.78, 5) is 35.8. The molecule has 0 amide bonds. The largest absolute Gasteiger partial charge is 2.00 e. The van der Waals surface area contributed by atoms with E-state index < -0.39 is 17.9 Å². The number of ether oxygens (including phenoxy) is 2. The van der Waals surface area contributed by atoms with Gasteiger partial charge in [0, 0.05) is 11.6 Å². The number of aliphatic hydroxyl groups excluding tert-OH is 1. The number of esters is 2. The summed E-state index contributed by atoms with van der Waals surface area (Å²) in [6, 6.07) is -0.556. The molecule has 3 aliphatic heterocycles. The number of methoxy groups -OCH3 is 2. The fraction of sp³-hybridized carbons (Fsp3) is 0.500. The van der Waals surface area contributed by atoms with E-state index in [1.807, 2.05) is 13.0 Å². The first-order valence-corrected chi connectivity index (χ1v) is 16.0. The number of nitrogens with zero attached hydrogens (tertiary/aromatic N) is 4. The van der Waals surface area contributed by atoms with Crippen molar-refractivity contribution in [2.24, 2.45) is 23.7 Å². The van der Waals surface area contributed by atoms with Crippen LogP contribution in [-0.4, -0.2) is 66.4 Å². The van der Waals surface area contributed by atoms with Gasteiger partial charge in [-0.2, -0.15) is 5.70 Å². The predicted octanol–water partition coefficient (Wildman–Crippen LogP) is 2.54. The van der Waals surface area contributed by atoms with Gasteiger partial charge >= 0.3 is 35.0 Å². The van der Waals surface area contributed by atoms with E-state index >= 15 is 0 Å². The Morgan fingerprint density at radius 1 is 0.978 bits per heavy atom. The molecule has 0 saturated carbocycles. The molecule has 4 aliphatic rings. The van der Waals surface area contributed by atoms with Crippen molar-refractivity contribution in [1.82, 2.24) is 9.97 Å².